The summed E-state index contributed by atoms with van der Waals surface area (Å²) in [6, 6.07) is 0. The van der Waals surface area contributed by atoms with Crippen molar-refractivity contribution in [2.45, 2.75) is 51.0 Å². The Labute approximate surface area is 127 Å². The Bertz CT molecular complexity index is 454. The molecule has 1 saturated heterocycles. The average Bonchev–Trinajstić information content (AvgIpc) is 2.89. The molecule has 0 radical (unpaired) electrons. The van der Waals surface area contributed by atoms with Gasteiger partial charge in [-0.2, -0.15) is 11.8 Å². The Hall–Kier alpha value is -0.660. The van der Waals surface area contributed by atoms with Crippen molar-refractivity contribution in [1.82, 2.24) is 10.2 Å². The number of rotatable bonds is 5. The van der Waals surface area contributed by atoms with Gasteiger partial charge in [0, 0.05) is 5.92 Å². The number of hydrogen-bond acceptors (Lipinski definition) is 6. The van der Waals surface area contributed by atoms with E-state index in [0.717, 1.165) is 29.4 Å². The summed E-state index contributed by atoms with van der Waals surface area (Å²) >= 11 is 3.18. The van der Waals surface area contributed by atoms with Gasteiger partial charge < -0.3 is 5.11 Å². The van der Waals surface area contributed by atoms with Gasteiger partial charge in [0.1, 0.15) is 10.6 Å². The van der Waals surface area contributed by atoms with Gasteiger partial charge in [-0.05, 0) is 37.2 Å². The van der Waals surface area contributed by atoms with E-state index in [1.165, 1.54) is 11.3 Å². The minimum atomic E-state index is -1.24. The van der Waals surface area contributed by atoms with Gasteiger partial charge in [-0.25, -0.2) is 0 Å². The summed E-state index contributed by atoms with van der Waals surface area (Å²) in [5.41, 5.74) is -1.24. The molecule has 20 heavy (non-hydrogen) atoms. The fourth-order valence-corrected chi connectivity index (χ4v) is 4.41. The molecule has 2 N–H and O–H groups in total. The summed E-state index contributed by atoms with van der Waals surface area (Å²) in [4.78, 5) is 12.2. The van der Waals surface area contributed by atoms with Gasteiger partial charge >= 0.3 is 0 Å². The predicted molar refractivity (Wildman–Crippen MR) is 83.4 cm³/mol. The van der Waals surface area contributed by atoms with E-state index in [1.54, 1.807) is 11.8 Å². The molecule has 0 saturated carbocycles. The maximum Gasteiger partial charge on any atom is 0.258 e. The second-order valence-electron chi connectivity index (χ2n) is 5.06. The van der Waals surface area contributed by atoms with Crippen LogP contribution in [0.2, 0.25) is 0 Å². The molecule has 0 aliphatic carbocycles. The normalized spacial score (nSPS) is 18.2. The highest BCUT2D eigenvalue weighted by atomic mass is 32.2. The molecule has 1 aromatic rings. The zero-order valence-electron chi connectivity index (χ0n) is 11.9. The lowest BCUT2D eigenvalue weighted by atomic mass is 9.96. The second kappa shape index (κ2) is 6.87. The van der Waals surface area contributed by atoms with E-state index in [9.17, 15) is 9.90 Å². The van der Waals surface area contributed by atoms with Gasteiger partial charge in [-0.15, -0.1) is 10.2 Å². The molecular formula is C13H21N3O2S2. The first-order chi connectivity index (χ1) is 9.59. The van der Waals surface area contributed by atoms with Crippen LogP contribution in [0.15, 0.2) is 0 Å². The number of carbonyl (C=O) groups is 1. The van der Waals surface area contributed by atoms with Crippen LogP contribution < -0.4 is 5.32 Å². The van der Waals surface area contributed by atoms with Crippen LogP contribution in [0.25, 0.3) is 0 Å². The number of aromatic nitrogens is 2. The minimum absolute atomic E-state index is 0.343. The first-order valence-electron chi connectivity index (χ1n) is 7.04. The molecule has 0 spiro atoms. The van der Waals surface area contributed by atoms with Gasteiger partial charge in [0.15, 0.2) is 0 Å². The van der Waals surface area contributed by atoms with Gasteiger partial charge in [0.2, 0.25) is 5.13 Å². The van der Waals surface area contributed by atoms with E-state index in [1.807, 2.05) is 0 Å². The van der Waals surface area contributed by atoms with E-state index < -0.39 is 5.60 Å². The number of amides is 1. The highest BCUT2D eigenvalue weighted by Crippen LogP contribution is 2.31. The maximum atomic E-state index is 12.2. The SMILES string of the molecule is CCC(CC)c1nnc(NC(=O)C2(O)CCSCC2)s1. The summed E-state index contributed by atoms with van der Waals surface area (Å²) in [5, 5.41) is 22.7. The Balaban J connectivity index is 2.01. The summed E-state index contributed by atoms with van der Waals surface area (Å²) in [6.07, 6.45) is 3.03. The number of hydrogen-bond donors (Lipinski definition) is 2. The van der Waals surface area contributed by atoms with E-state index in [2.05, 4.69) is 29.4 Å². The van der Waals surface area contributed by atoms with Crippen LogP contribution in [0.5, 0.6) is 0 Å². The molecule has 0 unspecified atom stereocenters. The van der Waals surface area contributed by atoms with Crippen LogP contribution in [0.1, 0.15) is 50.5 Å². The van der Waals surface area contributed by atoms with Crippen molar-refractivity contribution < 1.29 is 9.90 Å². The lowest BCUT2D eigenvalue weighted by Gasteiger charge is -2.29. The monoisotopic (exact) mass is 315 g/mol. The fourth-order valence-electron chi connectivity index (χ4n) is 2.24. The van der Waals surface area contributed by atoms with E-state index in [4.69, 9.17) is 0 Å². The summed E-state index contributed by atoms with van der Waals surface area (Å²) in [5.74, 6) is 1.69. The largest absolute Gasteiger partial charge is 0.380 e. The smallest absolute Gasteiger partial charge is 0.258 e. The van der Waals surface area contributed by atoms with Crippen molar-refractivity contribution in [3.05, 3.63) is 5.01 Å². The molecule has 0 bridgehead atoms. The third kappa shape index (κ3) is 3.51. The van der Waals surface area contributed by atoms with Crippen LogP contribution in [-0.4, -0.2) is 38.3 Å². The molecule has 2 rings (SSSR count). The molecule has 1 aromatic heterocycles. The second-order valence-corrected chi connectivity index (χ2v) is 7.29. The molecule has 0 aromatic carbocycles. The fraction of sp³-hybridized carbons (Fsp3) is 0.769. The summed E-state index contributed by atoms with van der Waals surface area (Å²) < 4.78 is 0. The first-order valence-corrected chi connectivity index (χ1v) is 9.01. The predicted octanol–water partition coefficient (Wildman–Crippen LogP) is 2.64. The van der Waals surface area contributed by atoms with Crippen molar-refractivity contribution in [2.75, 3.05) is 16.8 Å². The van der Waals surface area contributed by atoms with Crippen LogP contribution in [0.3, 0.4) is 0 Å². The number of nitrogens with one attached hydrogen (secondary N) is 1. The van der Waals surface area contributed by atoms with Crippen molar-refractivity contribution in [3.8, 4) is 0 Å². The number of aliphatic hydroxyl groups is 1. The van der Waals surface area contributed by atoms with Gasteiger partial charge in [0.05, 0.1) is 0 Å². The first kappa shape index (κ1) is 15.7. The lowest BCUT2D eigenvalue weighted by Crippen LogP contribution is -2.45. The lowest BCUT2D eigenvalue weighted by molar-refractivity contribution is -0.134. The molecule has 1 aliphatic rings. The minimum Gasteiger partial charge on any atom is -0.380 e. The zero-order valence-corrected chi connectivity index (χ0v) is 13.5. The van der Waals surface area contributed by atoms with Crippen molar-refractivity contribution in [2.24, 2.45) is 0 Å². The Morgan fingerprint density at radius 2 is 2.00 bits per heavy atom. The Kier molecular flexibility index (Phi) is 5.40. The molecule has 0 atom stereocenters. The number of thioether (sulfide) groups is 1. The number of carbonyl (C=O) groups excluding carboxylic acids is 1. The third-order valence-corrected chi connectivity index (χ3v) is 5.73. The summed E-state index contributed by atoms with van der Waals surface area (Å²) in [7, 11) is 0. The molecule has 1 amide bonds. The van der Waals surface area contributed by atoms with E-state index in [0.29, 0.717) is 23.9 Å². The van der Waals surface area contributed by atoms with Gasteiger partial charge in [0.25, 0.3) is 5.91 Å². The van der Waals surface area contributed by atoms with Crippen LogP contribution in [0, 0.1) is 0 Å². The van der Waals surface area contributed by atoms with E-state index in [-0.39, 0.29) is 5.91 Å². The van der Waals surface area contributed by atoms with Crippen LogP contribution >= 0.6 is 23.1 Å². The third-order valence-electron chi connectivity index (χ3n) is 3.74. The van der Waals surface area contributed by atoms with Gasteiger partial charge in [-0.3, -0.25) is 10.1 Å². The Morgan fingerprint density at radius 1 is 1.35 bits per heavy atom. The molecule has 2 heterocycles. The van der Waals surface area contributed by atoms with Crippen molar-refractivity contribution in [3.63, 3.8) is 0 Å². The quantitative estimate of drug-likeness (QED) is 0.873. The summed E-state index contributed by atoms with van der Waals surface area (Å²) in [6.45, 7) is 4.24. The molecule has 1 fully saturated rings. The molecular weight excluding hydrogens is 294 g/mol. The topological polar surface area (TPSA) is 75.1 Å². The highest BCUT2D eigenvalue weighted by molar-refractivity contribution is 7.99. The maximum absolute atomic E-state index is 12.2. The molecule has 5 nitrogen and oxygen atoms in total. The molecule has 7 heteroatoms. The van der Waals surface area contributed by atoms with Crippen LogP contribution in [-0.2, 0) is 4.79 Å². The van der Waals surface area contributed by atoms with Crippen molar-refractivity contribution in [1.29, 1.82) is 0 Å². The van der Waals surface area contributed by atoms with Gasteiger partial charge in [-0.1, -0.05) is 25.2 Å². The molecule has 1 aliphatic heterocycles. The Morgan fingerprint density at radius 3 is 2.60 bits per heavy atom. The van der Waals surface area contributed by atoms with Crippen molar-refractivity contribution >= 4 is 34.1 Å². The average molecular weight is 315 g/mol. The highest BCUT2D eigenvalue weighted by Gasteiger charge is 2.37. The standard InChI is InChI=1S/C13H21N3O2S2/c1-3-9(4-2)10-15-16-12(20-10)14-11(17)13(18)5-7-19-8-6-13/h9,18H,3-8H2,1-2H3,(H,14,16,17). The number of nitrogens with zero attached hydrogens (tertiary/aromatic N) is 2. The number of anilines is 1. The van der Waals surface area contributed by atoms with Crippen LogP contribution in [0.4, 0.5) is 5.13 Å². The van der Waals surface area contributed by atoms with E-state index >= 15 is 0 Å². The molecule has 112 valence electrons. The zero-order chi connectivity index (χ0) is 14.6.